The number of anilines is 2. The molecule has 0 radical (unpaired) electrons. The van der Waals surface area contributed by atoms with E-state index in [9.17, 15) is 9.59 Å². The Labute approximate surface area is 175 Å². The normalized spacial score (nSPS) is 15.7. The number of carbonyl (C=O) groups is 2. The number of hydrogen-bond donors (Lipinski definition) is 1. The first-order valence-corrected chi connectivity index (χ1v) is 9.47. The van der Waals surface area contributed by atoms with Gasteiger partial charge in [-0.05, 0) is 24.6 Å². The fourth-order valence-corrected chi connectivity index (χ4v) is 3.51. The van der Waals surface area contributed by atoms with E-state index < -0.39 is 5.92 Å². The van der Waals surface area contributed by atoms with Crippen molar-refractivity contribution in [2.45, 2.75) is 13.3 Å². The van der Waals surface area contributed by atoms with Crippen molar-refractivity contribution in [2.24, 2.45) is 5.92 Å². The summed E-state index contributed by atoms with van der Waals surface area (Å²) in [5.41, 5.74) is 2.16. The lowest BCUT2D eigenvalue weighted by molar-refractivity contribution is -0.122. The highest BCUT2D eigenvalue weighted by Crippen LogP contribution is 2.42. The molecule has 1 unspecified atom stereocenters. The standard InChI is InChI=1S/C22H26N2O6/c1-13-6-7-17(27-2)16(8-13)23-22(26)14-9-20(25)24(12-14)15-10-18(28-3)21(30-5)19(11-15)29-4/h6-8,10-11,14H,9,12H2,1-5H3,(H,23,26). The molecule has 0 bridgehead atoms. The third kappa shape index (κ3) is 4.12. The Kier molecular flexibility index (Phi) is 6.34. The van der Waals surface area contributed by atoms with Crippen LogP contribution in [0.2, 0.25) is 0 Å². The second-order valence-electron chi connectivity index (χ2n) is 6.98. The highest BCUT2D eigenvalue weighted by Gasteiger charge is 2.36. The summed E-state index contributed by atoms with van der Waals surface area (Å²) < 4.78 is 21.4. The summed E-state index contributed by atoms with van der Waals surface area (Å²) in [6.45, 7) is 2.18. The van der Waals surface area contributed by atoms with E-state index in [1.165, 1.54) is 21.3 Å². The number of carbonyl (C=O) groups excluding carboxylic acids is 2. The molecule has 1 N–H and O–H groups in total. The summed E-state index contributed by atoms with van der Waals surface area (Å²) in [4.78, 5) is 27.1. The third-order valence-electron chi connectivity index (χ3n) is 5.07. The lowest BCUT2D eigenvalue weighted by Crippen LogP contribution is -2.28. The van der Waals surface area contributed by atoms with Crippen LogP contribution in [-0.2, 0) is 9.59 Å². The highest BCUT2D eigenvalue weighted by atomic mass is 16.5. The maximum Gasteiger partial charge on any atom is 0.229 e. The smallest absolute Gasteiger partial charge is 0.229 e. The van der Waals surface area contributed by atoms with E-state index in [0.29, 0.717) is 34.4 Å². The van der Waals surface area contributed by atoms with Crippen LogP contribution in [0.5, 0.6) is 23.0 Å². The molecule has 1 saturated heterocycles. The van der Waals surface area contributed by atoms with Crippen LogP contribution < -0.4 is 29.2 Å². The molecule has 8 nitrogen and oxygen atoms in total. The Morgan fingerprint density at radius 2 is 1.60 bits per heavy atom. The molecular formula is C22H26N2O6. The summed E-state index contributed by atoms with van der Waals surface area (Å²) in [7, 11) is 6.09. The Bertz CT molecular complexity index is 934. The van der Waals surface area contributed by atoms with Gasteiger partial charge < -0.3 is 29.2 Å². The van der Waals surface area contributed by atoms with Crippen LogP contribution in [0.15, 0.2) is 30.3 Å². The number of ether oxygens (including phenoxy) is 4. The Morgan fingerprint density at radius 3 is 2.17 bits per heavy atom. The Morgan fingerprint density at radius 1 is 0.967 bits per heavy atom. The lowest BCUT2D eigenvalue weighted by atomic mass is 10.1. The maximum atomic E-state index is 12.8. The third-order valence-corrected chi connectivity index (χ3v) is 5.07. The van der Waals surface area contributed by atoms with Crippen molar-refractivity contribution in [1.29, 1.82) is 0 Å². The van der Waals surface area contributed by atoms with Crippen LogP contribution in [0.3, 0.4) is 0 Å². The zero-order chi connectivity index (χ0) is 21.8. The summed E-state index contributed by atoms with van der Waals surface area (Å²) in [5, 5.41) is 2.89. The quantitative estimate of drug-likeness (QED) is 0.750. The number of methoxy groups -OCH3 is 4. The first-order chi connectivity index (χ1) is 14.4. The van der Waals surface area contributed by atoms with Crippen molar-refractivity contribution in [2.75, 3.05) is 45.2 Å². The second-order valence-corrected chi connectivity index (χ2v) is 6.98. The predicted octanol–water partition coefficient (Wildman–Crippen LogP) is 3.02. The van der Waals surface area contributed by atoms with Gasteiger partial charge in [-0.25, -0.2) is 0 Å². The molecule has 1 heterocycles. The zero-order valence-corrected chi connectivity index (χ0v) is 17.8. The molecule has 8 heteroatoms. The van der Waals surface area contributed by atoms with Crippen molar-refractivity contribution >= 4 is 23.2 Å². The van der Waals surface area contributed by atoms with Gasteiger partial charge in [0.15, 0.2) is 11.5 Å². The van der Waals surface area contributed by atoms with Crippen molar-refractivity contribution in [3.8, 4) is 23.0 Å². The molecule has 0 aromatic heterocycles. The minimum atomic E-state index is -0.498. The van der Waals surface area contributed by atoms with E-state index in [1.54, 1.807) is 30.2 Å². The summed E-state index contributed by atoms with van der Waals surface area (Å²) in [5.74, 6) is 1.01. The molecule has 0 saturated carbocycles. The Balaban J connectivity index is 1.81. The molecule has 1 fully saturated rings. The first-order valence-electron chi connectivity index (χ1n) is 9.47. The van der Waals surface area contributed by atoms with E-state index in [2.05, 4.69) is 5.32 Å². The minimum Gasteiger partial charge on any atom is -0.495 e. The van der Waals surface area contributed by atoms with Gasteiger partial charge in [-0.1, -0.05) is 6.07 Å². The zero-order valence-electron chi connectivity index (χ0n) is 17.8. The second kappa shape index (κ2) is 8.94. The monoisotopic (exact) mass is 414 g/mol. The van der Waals surface area contributed by atoms with Gasteiger partial charge >= 0.3 is 0 Å². The van der Waals surface area contributed by atoms with Crippen LogP contribution in [0.1, 0.15) is 12.0 Å². The topological polar surface area (TPSA) is 86.3 Å². The number of hydrogen-bond acceptors (Lipinski definition) is 6. The summed E-state index contributed by atoms with van der Waals surface area (Å²) in [6, 6.07) is 8.93. The van der Waals surface area contributed by atoms with Gasteiger partial charge in [0.05, 0.1) is 45.7 Å². The minimum absolute atomic E-state index is 0.108. The van der Waals surface area contributed by atoms with Gasteiger partial charge in [-0.2, -0.15) is 0 Å². The molecule has 2 amide bonds. The molecule has 0 aliphatic carbocycles. The molecule has 2 aromatic carbocycles. The van der Waals surface area contributed by atoms with Gasteiger partial charge in [-0.3, -0.25) is 9.59 Å². The average Bonchev–Trinajstić information content (AvgIpc) is 3.14. The fraction of sp³-hybridized carbons (Fsp3) is 0.364. The van der Waals surface area contributed by atoms with Crippen molar-refractivity contribution in [1.82, 2.24) is 0 Å². The lowest BCUT2D eigenvalue weighted by Gasteiger charge is -2.20. The van der Waals surface area contributed by atoms with Crippen LogP contribution in [-0.4, -0.2) is 46.8 Å². The molecule has 3 rings (SSSR count). The summed E-state index contributed by atoms with van der Waals surface area (Å²) >= 11 is 0. The molecule has 2 aromatic rings. The highest BCUT2D eigenvalue weighted by molar-refractivity contribution is 6.04. The maximum absolute atomic E-state index is 12.8. The largest absolute Gasteiger partial charge is 0.495 e. The molecule has 1 aliphatic heterocycles. The van der Waals surface area contributed by atoms with E-state index in [4.69, 9.17) is 18.9 Å². The average molecular weight is 414 g/mol. The number of nitrogens with zero attached hydrogens (tertiary/aromatic N) is 1. The SMILES string of the molecule is COc1ccc(C)cc1NC(=O)C1CC(=O)N(c2cc(OC)c(OC)c(OC)c2)C1. The molecule has 1 atom stereocenters. The van der Waals surface area contributed by atoms with Crippen molar-refractivity contribution in [3.63, 3.8) is 0 Å². The van der Waals surface area contributed by atoms with E-state index >= 15 is 0 Å². The number of amides is 2. The van der Waals surface area contributed by atoms with E-state index in [0.717, 1.165) is 5.56 Å². The number of benzene rings is 2. The van der Waals surface area contributed by atoms with Gasteiger partial charge in [0.25, 0.3) is 0 Å². The first kappa shape index (κ1) is 21.3. The number of rotatable bonds is 7. The van der Waals surface area contributed by atoms with Crippen LogP contribution >= 0.6 is 0 Å². The van der Waals surface area contributed by atoms with E-state index in [-0.39, 0.29) is 24.8 Å². The van der Waals surface area contributed by atoms with Crippen LogP contribution in [0.4, 0.5) is 11.4 Å². The van der Waals surface area contributed by atoms with Gasteiger partial charge in [0, 0.05) is 25.1 Å². The van der Waals surface area contributed by atoms with Crippen LogP contribution in [0.25, 0.3) is 0 Å². The number of aryl methyl sites for hydroxylation is 1. The Hall–Kier alpha value is -3.42. The van der Waals surface area contributed by atoms with Gasteiger partial charge in [0.1, 0.15) is 5.75 Å². The molecular weight excluding hydrogens is 388 g/mol. The molecule has 160 valence electrons. The summed E-state index contributed by atoms with van der Waals surface area (Å²) in [6.07, 6.45) is 0.108. The molecule has 0 spiro atoms. The predicted molar refractivity (Wildman–Crippen MR) is 113 cm³/mol. The van der Waals surface area contributed by atoms with Gasteiger partial charge in [-0.15, -0.1) is 0 Å². The fourth-order valence-electron chi connectivity index (χ4n) is 3.51. The van der Waals surface area contributed by atoms with Crippen molar-refractivity contribution < 1.29 is 28.5 Å². The molecule has 30 heavy (non-hydrogen) atoms. The number of nitrogens with one attached hydrogen (secondary N) is 1. The van der Waals surface area contributed by atoms with Gasteiger partial charge in [0.2, 0.25) is 17.6 Å². The molecule has 1 aliphatic rings. The van der Waals surface area contributed by atoms with E-state index in [1.807, 2.05) is 19.1 Å². The van der Waals surface area contributed by atoms with Crippen molar-refractivity contribution in [3.05, 3.63) is 35.9 Å². The van der Waals surface area contributed by atoms with Crippen LogP contribution in [0, 0.1) is 12.8 Å².